The molecule has 1 heterocycles. The highest BCUT2D eigenvalue weighted by molar-refractivity contribution is 7.07. The number of nitrogen functional groups attached to an aromatic ring is 1. The molecule has 6 heteroatoms. The lowest BCUT2D eigenvalue weighted by Crippen LogP contribution is -2.05. The number of H-pyrrole nitrogens is 1. The summed E-state index contributed by atoms with van der Waals surface area (Å²) in [5, 5.41) is 13.7. The van der Waals surface area contributed by atoms with E-state index in [9.17, 15) is 4.79 Å². The molecule has 0 radical (unpaired) electrons. The van der Waals surface area contributed by atoms with Crippen molar-refractivity contribution < 1.29 is 0 Å². The van der Waals surface area contributed by atoms with E-state index in [-0.39, 0.29) is 4.87 Å². The van der Waals surface area contributed by atoms with Gasteiger partial charge in [0.1, 0.15) is 6.07 Å². The van der Waals surface area contributed by atoms with Crippen LogP contribution in [0.5, 0.6) is 0 Å². The van der Waals surface area contributed by atoms with Gasteiger partial charge in [-0.2, -0.15) is 5.26 Å². The van der Waals surface area contributed by atoms with Gasteiger partial charge in [-0.15, -0.1) is 0 Å². The smallest absolute Gasteiger partial charge is 0.304 e. The first-order chi connectivity index (χ1) is 8.20. The largest absolute Gasteiger partial charge is 0.396 e. The molecule has 0 saturated carbocycles. The van der Waals surface area contributed by atoms with Crippen LogP contribution in [0.15, 0.2) is 28.4 Å². The molecule has 5 nitrogen and oxygen atoms in total. The van der Waals surface area contributed by atoms with Gasteiger partial charge in [0.05, 0.1) is 23.5 Å². The van der Waals surface area contributed by atoms with E-state index >= 15 is 0 Å². The molecule has 0 saturated heterocycles. The number of para-hydroxylation sites is 1. The topological polar surface area (TPSA) is 94.7 Å². The summed E-state index contributed by atoms with van der Waals surface area (Å²) >= 11 is 1.12. The van der Waals surface area contributed by atoms with Crippen LogP contribution in [0, 0.1) is 11.3 Å². The van der Waals surface area contributed by atoms with Crippen molar-refractivity contribution in [2.24, 2.45) is 0 Å². The number of anilines is 2. The van der Waals surface area contributed by atoms with Crippen molar-refractivity contribution in [3.8, 4) is 6.07 Å². The van der Waals surface area contributed by atoms with E-state index in [0.29, 0.717) is 23.5 Å². The summed E-state index contributed by atoms with van der Waals surface area (Å²) in [6.45, 7) is 0.470. The average Bonchev–Trinajstić information content (AvgIpc) is 2.74. The molecule has 0 atom stereocenters. The Hall–Kier alpha value is -2.26. The van der Waals surface area contributed by atoms with E-state index in [1.165, 1.54) is 0 Å². The van der Waals surface area contributed by atoms with Crippen LogP contribution in [0.25, 0.3) is 0 Å². The first-order valence-corrected chi connectivity index (χ1v) is 5.78. The molecule has 2 rings (SSSR count). The standard InChI is InChI=1S/C11H10N4OS/c12-4-7-2-1-3-9(10(7)13)14-5-8-6-17-11(16)15-8/h1-3,6,14H,5,13H2,(H,15,16). The molecule has 0 aliphatic carbocycles. The van der Waals surface area contributed by atoms with Crippen LogP contribution < -0.4 is 15.9 Å². The van der Waals surface area contributed by atoms with Crippen molar-refractivity contribution in [3.63, 3.8) is 0 Å². The van der Waals surface area contributed by atoms with E-state index in [4.69, 9.17) is 11.0 Å². The van der Waals surface area contributed by atoms with E-state index in [0.717, 1.165) is 17.0 Å². The Morgan fingerprint density at radius 2 is 2.35 bits per heavy atom. The van der Waals surface area contributed by atoms with Gasteiger partial charge in [0, 0.05) is 11.1 Å². The summed E-state index contributed by atoms with van der Waals surface area (Å²) in [5.41, 5.74) is 8.16. The second-order valence-corrected chi connectivity index (χ2v) is 4.25. The van der Waals surface area contributed by atoms with Crippen molar-refractivity contribution in [2.75, 3.05) is 11.1 Å². The van der Waals surface area contributed by atoms with Crippen molar-refractivity contribution in [2.45, 2.75) is 6.54 Å². The Morgan fingerprint density at radius 1 is 1.53 bits per heavy atom. The number of rotatable bonds is 3. The van der Waals surface area contributed by atoms with Crippen molar-refractivity contribution in [1.29, 1.82) is 5.26 Å². The number of benzene rings is 1. The molecular formula is C11H10N4OS. The zero-order chi connectivity index (χ0) is 12.3. The second kappa shape index (κ2) is 4.72. The van der Waals surface area contributed by atoms with Gasteiger partial charge in [0.15, 0.2) is 0 Å². The number of nitrogens with zero attached hydrogens (tertiary/aromatic N) is 1. The van der Waals surface area contributed by atoms with E-state index in [1.807, 2.05) is 6.07 Å². The molecule has 0 aliphatic rings. The van der Waals surface area contributed by atoms with Crippen molar-refractivity contribution in [3.05, 3.63) is 44.5 Å². The first-order valence-electron chi connectivity index (χ1n) is 4.90. The summed E-state index contributed by atoms with van der Waals surface area (Å²) in [4.78, 5) is 13.5. The number of nitrogens with two attached hydrogens (primary N) is 1. The third-order valence-electron chi connectivity index (χ3n) is 2.27. The highest BCUT2D eigenvalue weighted by atomic mass is 32.1. The minimum atomic E-state index is -0.0828. The minimum absolute atomic E-state index is 0.0828. The summed E-state index contributed by atoms with van der Waals surface area (Å²) < 4.78 is 0. The molecule has 0 bridgehead atoms. The first kappa shape index (κ1) is 11.2. The second-order valence-electron chi connectivity index (χ2n) is 3.41. The highest BCUT2D eigenvalue weighted by Gasteiger charge is 2.04. The van der Waals surface area contributed by atoms with Gasteiger partial charge in [-0.25, -0.2) is 0 Å². The van der Waals surface area contributed by atoms with Gasteiger partial charge in [0.25, 0.3) is 0 Å². The molecule has 2 aromatic rings. The maximum atomic E-state index is 10.9. The molecule has 0 unspecified atom stereocenters. The molecule has 0 amide bonds. The maximum Gasteiger partial charge on any atom is 0.304 e. The predicted molar refractivity (Wildman–Crippen MR) is 67.8 cm³/mol. The Bertz CT molecular complexity index is 623. The highest BCUT2D eigenvalue weighted by Crippen LogP contribution is 2.22. The monoisotopic (exact) mass is 246 g/mol. The fraction of sp³-hybridized carbons (Fsp3) is 0.0909. The number of nitrogens with one attached hydrogen (secondary N) is 2. The lowest BCUT2D eigenvalue weighted by Gasteiger charge is -2.08. The Balaban J connectivity index is 2.15. The summed E-state index contributed by atoms with van der Waals surface area (Å²) in [6.07, 6.45) is 0. The van der Waals surface area contributed by atoms with Crippen LogP contribution in [0.4, 0.5) is 11.4 Å². The lowest BCUT2D eigenvalue weighted by atomic mass is 10.1. The molecular weight excluding hydrogens is 236 g/mol. The fourth-order valence-corrected chi connectivity index (χ4v) is 1.99. The number of hydrogen-bond acceptors (Lipinski definition) is 5. The van der Waals surface area contributed by atoms with Gasteiger partial charge >= 0.3 is 4.87 Å². The van der Waals surface area contributed by atoms with Crippen LogP contribution in [-0.4, -0.2) is 4.98 Å². The van der Waals surface area contributed by atoms with Crippen LogP contribution in [-0.2, 0) is 6.54 Å². The number of aromatic nitrogens is 1. The summed E-state index contributed by atoms with van der Waals surface area (Å²) in [6, 6.07) is 7.23. The molecule has 17 heavy (non-hydrogen) atoms. The minimum Gasteiger partial charge on any atom is -0.396 e. The molecule has 1 aromatic carbocycles. The van der Waals surface area contributed by atoms with Crippen LogP contribution >= 0.6 is 11.3 Å². The Kier molecular flexibility index (Phi) is 3.12. The quantitative estimate of drug-likeness (QED) is 0.715. The normalized spacial score (nSPS) is 9.82. The SMILES string of the molecule is N#Cc1cccc(NCc2csc(=O)[nH]2)c1N. The van der Waals surface area contributed by atoms with E-state index in [2.05, 4.69) is 10.3 Å². The van der Waals surface area contributed by atoms with Gasteiger partial charge in [-0.05, 0) is 12.1 Å². The zero-order valence-corrected chi connectivity index (χ0v) is 9.67. The molecule has 0 spiro atoms. The third-order valence-corrected chi connectivity index (χ3v) is 2.99. The van der Waals surface area contributed by atoms with Gasteiger partial charge in [0.2, 0.25) is 0 Å². The van der Waals surface area contributed by atoms with Gasteiger partial charge in [-0.3, -0.25) is 4.79 Å². The molecule has 1 aromatic heterocycles. The van der Waals surface area contributed by atoms with Gasteiger partial charge in [-0.1, -0.05) is 17.4 Å². The number of nitriles is 1. The number of thiazole rings is 1. The van der Waals surface area contributed by atoms with E-state index < -0.39 is 0 Å². The Labute approximate surface area is 102 Å². The molecule has 4 N–H and O–H groups in total. The number of hydrogen-bond donors (Lipinski definition) is 3. The summed E-state index contributed by atoms with van der Waals surface area (Å²) in [7, 11) is 0. The maximum absolute atomic E-state index is 10.9. The number of aromatic amines is 1. The predicted octanol–water partition coefficient (Wildman–Crippen LogP) is 1.50. The van der Waals surface area contributed by atoms with Crippen LogP contribution in [0.3, 0.4) is 0 Å². The zero-order valence-electron chi connectivity index (χ0n) is 8.86. The lowest BCUT2D eigenvalue weighted by molar-refractivity contribution is 1.06. The van der Waals surface area contributed by atoms with Crippen LogP contribution in [0.2, 0.25) is 0 Å². The van der Waals surface area contributed by atoms with Crippen LogP contribution in [0.1, 0.15) is 11.3 Å². The molecule has 0 fully saturated rings. The van der Waals surface area contributed by atoms with Crippen molar-refractivity contribution in [1.82, 2.24) is 4.98 Å². The average molecular weight is 246 g/mol. The fourth-order valence-electron chi connectivity index (χ4n) is 1.41. The Morgan fingerprint density at radius 3 is 3.00 bits per heavy atom. The van der Waals surface area contributed by atoms with E-state index in [1.54, 1.807) is 23.6 Å². The van der Waals surface area contributed by atoms with Gasteiger partial charge < -0.3 is 16.0 Å². The molecule has 0 aliphatic heterocycles. The van der Waals surface area contributed by atoms with Crippen molar-refractivity contribution >= 4 is 22.7 Å². The molecule has 86 valence electrons. The third kappa shape index (κ3) is 2.46. The summed E-state index contributed by atoms with van der Waals surface area (Å²) in [5.74, 6) is 0.